The maximum atomic E-state index is 11.3. The normalized spacial score (nSPS) is 16.7. The fourth-order valence-corrected chi connectivity index (χ4v) is 2.76. The van der Waals surface area contributed by atoms with Gasteiger partial charge >= 0.3 is 0 Å². The summed E-state index contributed by atoms with van der Waals surface area (Å²) in [6.07, 6.45) is 2.81. The maximum absolute atomic E-state index is 11.3. The fraction of sp³-hybridized carbons (Fsp3) is 0.250. The predicted octanol–water partition coefficient (Wildman–Crippen LogP) is 2.06. The lowest BCUT2D eigenvalue weighted by molar-refractivity contribution is -0.114. The van der Waals surface area contributed by atoms with Crippen LogP contribution in [0.3, 0.4) is 0 Å². The Labute approximate surface area is 123 Å². The van der Waals surface area contributed by atoms with Crippen LogP contribution in [-0.4, -0.2) is 23.5 Å². The number of fused-ring (bicyclic) bond motifs is 1. The Morgan fingerprint density at radius 1 is 1.38 bits per heavy atom. The molecule has 3 N–H and O–H groups in total. The van der Waals surface area contributed by atoms with Crippen LogP contribution in [0.2, 0.25) is 0 Å². The summed E-state index contributed by atoms with van der Waals surface area (Å²) in [6, 6.07) is 12.6. The van der Waals surface area contributed by atoms with Crippen LogP contribution >= 0.6 is 0 Å². The summed E-state index contributed by atoms with van der Waals surface area (Å²) in [7, 11) is 0. The van der Waals surface area contributed by atoms with Crippen molar-refractivity contribution in [3.05, 3.63) is 48.2 Å². The van der Waals surface area contributed by atoms with Crippen LogP contribution in [0.15, 0.2) is 42.6 Å². The highest BCUT2D eigenvalue weighted by molar-refractivity contribution is 5.91. The molecule has 0 aliphatic carbocycles. The van der Waals surface area contributed by atoms with E-state index in [-0.39, 0.29) is 12.5 Å². The van der Waals surface area contributed by atoms with Gasteiger partial charge in [-0.15, -0.1) is 0 Å². The molecule has 1 aromatic heterocycles. The number of amides is 1. The van der Waals surface area contributed by atoms with Gasteiger partial charge in [0, 0.05) is 11.7 Å². The van der Waals surface area contributed by atoms with E-state index >= 15 is 0 Å². The molecule has 21 heavy (non-hydrogen) atoms. The summed E-state index contributed by atoms with van der Waals surface area (Å²) in [5, 5.41) is 2.65. The molecular formula is C16H18N4O. The molecule has 3 rings (SSSR count). The number of pyridine rings is 1. The molecule has 0 fully saturated rings. The minimum Gasteiger partial charge on any atom is -0.337 e. The third-order valence-electron chi connectivity index (χ3n) is 3.69. The number of aromatic nitrogens is 1. The van der Waals surface area contributed by atoms with Gasteiger partial charge in [-0.3, -0.25) is 4.79 Å². The van der Waals surface area contributed by atoms with Gasteiger partial charge < -0.3 is 16.0 Å². The van der Waals surface area contributed by atoms with Crippen LogP contribution < -0.4 is 16.0 Å². The number of carbonyl (C=O) groups excluding carboxylic acids is 1. The van der Waals surface area contributed by atoms with E-state index in [0.29, 0.717) is 11.9 Å². The summed E-state index contributed by atoms with van der Waals surface area (Å²) in [4.78, 5) is 17.8. The molecule has 5 nitrogen and oxygen atoms in total. The van der Waals surface area contributed by atoms with Crippen molar-refractivity contribution in [1.29, 1.82) is 0 Å². The third kappa shape index (κ3) is 2.60. The molecule has 0 saturated carbocycles. The van der Waals surface area contributed by atoms with E-state index in [1.165, 1.54) is 11.3 Å². The summed E-state index contributed by atoms with van der Waals surface area (Å²) in [5.41, 5.74) is 8.88. The number of hydrogen-bond acceptors (Lipinski definition) is 4. The maximum Gasteiger partial charge on any atom is 0.239 e. The molecule has 2 aromatic rings. The highest BCUT2D eigenvalue weighted by Gasteiger charge is 2.26. The van der Waals surface area contributed by atoms with Gasteiger partial charge in [0.25, 0.3) is 0 Å². The molecule has 108 valence electrons. The zero-order chi connectivity index (χ0) is 14.8. The highest BCUT2D eigenvalue weighted by atomic mass is 16.1. The topological polar surface area (TPSA) is 71.2 Å². The summed E-state index contributed by atoms with van der Waals surface area (Å²) in [5.74, 6) is 0.282. The predicted molar refractivity (Wildman–Crippen MR) is 83.7 cm³/mol. The molecule has 2 heterocycles. The third-order valence-corrected chi connectivity index (χ3v) is 3.69. The lowest BCUT2D eigenvalue weighted by Crippen LogP contribution is -2.24. The minimum absolute atomic E-state index is 0.0417. The van der Waals surface area contributed by atoms with Gasteiger partial charge in [-0.2, -0.15) is 0 Å². The number of benzene rings is 1. The fourth-order valence-electron chi connectivity index (χ4n) is 2.76. The van der Waals surface area contributed by atoms with Crippen LogP contribution in [0.25, 0.3) is 0 Å². The number of nitrogens with zero attached hydrogens (tertiary/aromatic N) is 2. The van der Waals surface area contributed by atoms with Crippen LogP contribution in [0, 0.1) is 0 Å². The molecule has 1 aliphatic heterocycles. The smallest absolute Gasteiger partial charge is 0.239 e. The van der Waals surface area contributed by atoms with Crippen LogP contribution in [0.5, 0.6) is 0 Å². The molecule has 0 bridgehead atoms. The van der Waals surface area contributed by atoms with Crippen LogP contribution in [-0.2, 0) is 11.2 Å². The second-order valence-corrected chi connectivity index (χ2v) is 5.21. The second kappa shape index (κ2) is 5.54. The molecule has 1 atom stereocenters. The Morgan fingerprint density at radius 2 is 2.19 bits per heavy atom. The van der Waals surface area contributed by atoms with Crippen LogP contribution in [0.1, 0.15) is 12.5 Å². The number of hydrogen-bond donors (Lipinski definition) is 2. The molecule has 0 saturated heterocycles. The van der Waals surface area contributed by atoms with Crippen molar-refractivity contribution < 1.29 is 4.79 Å². The van der Waals surface area contributed by atoms with Gasteiger partial charge in [-0.25, -0.2) is 4.98 Å². The average molecular weight is 282 g/mol. The van der Waals surface area contributed by atoms with Crippen molar-refractivity contribution in [2.24, 2.45) is 5.73 Å². The average Bonchev–Trinajstić information content (AvgIpc) is 2.84. The van der Waals surface area contributed by atoms with Crippen LogP contribution in [0.4, 0.5) is 17.2 Å². The number of nitrogens with two attached hydrogens (primary N) is 1. The lowest BCUT2D eigenvalue weighted by Gasteiger charge is -2.24. The number of para-hydroxylation sites is 1. The quantitative estimate of drug-likeness (QED) is 0.904. The number of nitrogens with one attached hydrogen (secondary N) is 1. The Bertz CT molecular complexity index is 654. The number of carbonyl (C=O) groups is 1. The molecule has 1 unspecified atom stereocenters. The van der Waals surface area contributed by atoms with E-state index in [2.05, 4.69) is 40.3 Å². The first-order valence-corrected chi connectivity index (χ1v) is 7.02. The Kier molecular flexibility index (Phi) is 3.58. The zero-order valence-corrected chi connectivity index (χ0v) is 11.9. The van der Waals surface area contributed by atoms with Gasteiger partial charge in [-0.1, -0.05) is 18.2 Å². The van der Waals surface area contributed by atoms with Gasteiger partial charge in [0.1, 0.15) is 5.82 Å². The lowest BCUT2D eigenvalue weighted by atomic mass is 10.1. The van der Waals surface area contributed by atoms with E-state index in [0.717, 1.165) is 12.1 Å². The molecule has 0 radical (unpaired) electrons. The van der Waals surface area contributed by atoms with Crippen molar-refractivity contribution in [1.82, 2.24) is 4.98 Å². The Morgan fingerprint density at radius 3 is 2.90 bits per heavy atom. The van der Waals surface area contributed by atoms with Crippen molar-refractivity contribution >= 4 is 23.1 Å². The van der Waals surface area contributed by atoms with Gasteiger partial charge in [0.2, 0.25) is 5.91 Å². The largest absolute Gasteiger partial charge is 0.337 e. The first-order valence-electron chi connectivity index (χ1n) is 7.02. The van der Waals surface area contributed by atoms with Gasteiger partial charge in [-0.05, 0) is 37.1 Å². The summed E-state index contributed by atoms with van der Waals surface area (Å²) >= 11 is 0. The Balaban J connectivity index is 1.86. The SMILES string of the molecule is CC1Cc2ccccc2N1c1ccc(NC(=O)CN)nc1. The Hall–Kier alpha value is -2.40. The molecule has 1 aromatic carbocycles. The first-order chi connectivity index (χ1) is 10.2. The molecule has 5 heteroatoms. The molecule has 0 spiro atoms. The van der Waals surface area contributed by atoms with Crippen molar-refractivity contribution in [2.75, 3.05) is 16.8 Å². The van der Waals surface area contributed by atoms with Crippen molar-refractivity contribution in [2.45, 2.75) is 19.4 Å². The summed E-state index contributed by atoms with van der Waals surface area (Å²) < 4.78 is 0. The van der Waals surface area contributed by atoms with Gasteiger partial charge in [0.15, 0.2) is 0 Å². The second-order valence-electron chi connectivity index (χ2n) is 5.21. The van der Waals surface area contributed by atoms with E-state index in [1.54, 1.807) is 12.3 Å². The van der Waals surface area contributed by atoms with E-state index in [9.17, 15) is 4.79 Å². The molecule has 1 amide bonds. The number of rotatable bonds is 3. The summed E-state index contributed by atoms with van der Waals surface area (Å²) in [6.45, 7) is 2.16. The number of anilines is 3. The minimum atomic E-state index is -0.241. The zero-order valence-electron chi connectivity index (χ0n) is 11.9. The van der Waals surface area contributed by atoms with E-state index in [1.807, 2.05) is 12.1 Å². The highest BCUT2D eigenvalue weighted by Crippen LogP contribution is 2.37. The monoisotopic (exact) mass is 282 g/mol. The van der Waals surface area contributed by atoms with Crippen molar-refractivity contribution in [3.63, 3.8) is 0 Å². The van der Waals surface area contributed by atoms with E-state index < -0.39 is 0 Å². The molecular weight excluding hydrogens is 264 g/mol. The standard InChI is InChI=1S/C16H18N4O/c1-11-8-12-4-2-3-5-14(12)20(11)13-6-7-15(18-10-13)19-16(21)9-17/h2-7,10-11H,8-9,17H2,1H3,(H,18,19,21). The van der Waals surface area contributed by atoms with E-state index in [4.69, 9.17) is 5.73 Å². The van der Waals surface area contributed by atoms with Gasteiger partial charge in [0.05, 0.1) is 18.4 Å². The first kappa shape index (κ1) is 13.6. The molecule has 1 aliphatic rings. The van der Waals surface area contributed by atoms with Crippen molar-refractivity contribution in [3.8, 4) is 0 Å².